The van der Waals surface area contributed by atoms with Crippen molar-refractivity contribution in [1.82, 2.24) is 0 Å². The van der Waals surface area contributed by atoms with Gasteiger partial charge in [-0.25, -0.2) is 8.42 Å². The van der Waals surface area contributed by atoms with Gasteiger partial charge in [0, 0.05) is 8.59 Å². The van der Waals surface area contributed by atoms with E-state index in [1.807, 2.05) is 22.6 Å². The fourth-order valence-corrected chi connectivity index (χ4v) is 3.79. The van der Waals surface area contributed by atoms with Gasteiger partial charge in [0.25, 0.3) is 10.0 Å². The maximum atomic E-state index is 12.4. The lowest BCUT2D eigenvalue weighted by molar-refractivity contribution is 0.402. The summed E-state index contributed by atoms with van der Waals surface area (Å²) in [4.78, 5) is -0.0173. The summed E-state index contributed by atoms with van der Waals surface area (Å²) in [5, 5.41) is 10.0. The van der Waals surface area contributed by atoms with Crippen LogP contribution in [0.4, 0.5) is 5.69 Å². The normalized spacial score (nSPS) is 11.2. The number of hydrogen-bond donors (Lipinski definition) is 2. The van der Waals surface area contributed by atoms with E-state index in [2.05, 4.69) is 4.72 Å². The standard InChI is InChI=1S/C13H11ClINO4S/c1-20-12-5-3-9(15)7-13(12)21(18,19)16-10-6-8(14)2-4-11(10)17/h2-7,16-17H,1H3. The molecule has 2 aromatic carbocycles. The second kappa shape index (κ2) is 6.29. The third-order valence-electron chi connectivity index (χ3n) is 2.62. The van der Waals surface area contributed by atoms with Crippen LogP contribution in [-0.4, -0.2) is 20.6 Å². The van der Waals surface area contributed by atoms with Crippen LogP contribution in [0.15, 0.2) is 41.3 Å². The van der Waals surface area contributed by atoms with Crippen LogP contribution in [-0.2, 0) is 10.0 Å². The third-order valence-corrected chi connectivity index (χ3v) is 4.91. The molecule has 0 spiro atoms. The van der Waals surface area contributed by atoms with E-state index < -0.39 is 10.0 Å². The molecule has 0 aromatic heterocycles. The Morgan fingerprint density at radius 2 is 1.95 bits per heavy atom. The summed E-state index contributed by atoms with van der Waals surface area (Å²) in [5.74, 6) is -0.00277. The highest BCUT2D eigenvalue weighted by atomic mass is 127. The molecule has 0 radical (unpaired) electrons. The van der Waals surface area contributed by atoms with Crippen LogP contribution < -0.4 is 9.46 Å². The molecule has 21 heavy (non-hydrogen) atoms. The molecule has 2 aromatic rings. The number of hydrogen-bond acceptors (Lipinski definition) is 4. The smallest absolute Gasteiger partial charge is 0.265 e. The van der Waals surface area contributed by atoms with E-state index in [1.54, 1.807) is 12.1 Å². The maximum absolute atomic E-state index is 12.4. The molecule has 0 aliphatic rings. The molecule has 112 valence electrons. The van der Waals surface area contributed by atoms with Crippen LogP contribution >= 0.6 is 34.2 Å². The van der Waals surface area contributed by atoms with Gasteiger partial charge in [0.15, 0.2) is 0 Å². The molecular weight excluding hydrogens is 429 g/mol. The van der Waals surface area contributed by atoms with Gasteiger partial charge in [-0.05, 0) is 59.0 Å². The molecule has 0 atom stereocenters. The lowest BCUT2D eigenvalue weighted by Gasteiger charge is -2.13. The van der Waals surface area contributed by atoms with E-state index in [0.717, 1.165) is 3.57 Å². The van der Waals surface area contributed by atoms with Crippen molar-refractivity contribution < 1.29 is 18.3 Å². The van der Waals surface area contributed by atoms with Crippen LogP contribution in [0.3, 0.4) is 0 Å². The Balaban J connectivity index is 2.48. The quantitative estimate of drug-likeness (QED) is 0.565. The third kappa shape index (κ3) is 3.72. The molecular formula is C13H11ClINO4S. The first-order valence-corrected chi connectivity index (χ1v) is 8.62. The van der Waals surface area contributed by atoms with Crippen LogP contribution in [0.25, 0.3) is 0 Å². The summed E-state index contributed by atoms with van der Waals surface area (Å²) >= 11 is 7.81. The first-order valence-electron chi connectivity index (χ1n) is 5.68. The number of rotatable bonds is 4. The van der Waals surface area contributed by atoms with Crippen LogP contribution in [0, 0.1) is 3.57 Å². The minimum atomic E-state index is -3.92. The Bertz CT molecular complexity index is 780. The van der Waals surface area contributed by atoms with E-state index in [9.17, 15) is 13.5 Å². The zero-order valence-electron chi connectivity index (χ0n) is 10.8. The van der Waals surface area contributed by atoms with E-state index >= 15 is 0 Å². The lowest BCUT2D eigenvalue weighted by Crippen LogP contribution is -2.14. The molecule has 0 aliphatic heterocycles. The Labute approximate surface area is 141 Å². The zero-order chi connectivity index (χ0) is 15.6. The highest BCUT2D eigenvalue weighted by Crippen LogP contribution is 2.32. The zero-order valence-corrected chi connectivity index (χ0v) is 14.5. The van der Waals surface area contributed by atoms with Gasteiger partial charge in [-0.2, -0.15) is 0 Å². The first kappa shape index (κ1) is 16.2. The Morgan fingerprint density at radius 1 is 1.24 bits per heavy atom. The minimum absolute atomic E-state index is 0.00316. The second-order valence-electron chi connectivity index (χ2n) is 4.06. The van der Waals surface area contributed by atoms with Crippen molar-refractivity contribution in [3.8, 4) is 11.5 Å². The van der Waals surface area contributed by atoms with E-state index in [0.29, 0.717) is 5.02 Å². The number of benzene rings is 2. The summed E-state index contributed by atoms with van der Waals surface area (Å²) in [7, 11) is -2.53. The topological polar surface area (TPSA) is 75.6 Å². The van der Waals surface area contributed by atoms with Crippen molar-refractivity contribution in [2.24, 2.45) is 0 Å². The van der Waals surface area contributed by atoms with Crippen LogP contribution in [0.1, 0.15) is 0 Å². The summed E-state index contributed by atoms with van der Waals surface area (Å²) < 4.78 is 33.0. The van der Waals surface area contributed by atoms with Crippen molar-refractivity contribution in [2.75, 3.05) is 11.8 Å². The summed E-state index contributed by atoms with van der Waals surface area (Å²) in [6.45, 7) is 0. The number of nitrogens with one attached hydrogen (secondary N) is 1. The molecule has 8 heteroatoms. The van der Waals surface area contributed by atoms with E-state index in [1.165, 1.54) is 31.4 Å². The number of ether oxygens (including phenoxy) is 1. The molecule has 5 nitrogen and oxygen atoms in total. The molecule has 0 aliphatic carbocycles. The van der Waals surface area contributed by atoms with Crippen LogP contribution in [0.2, 0.25) is 5.02 Å². The number of aromatic hydroxyl groups is 1. The lowest BCUT2D eigenvalue weighted by atomic mass is 10.3. The number of phenolic OH excluding ortho intramolecular Hbond substituents is 1. The monoisotopic (exact) mass is 439 g/mol. The van der Waals surface area contributed by atoms with E-state index in [4.69, 9.17) is 16.3 Å². The molecule has 2 rings (SSSR count). The highest BCUT2D eigenvalue weighted by molar-refractivity contribution is 14.1. The maximum Gasteiger partial charge on any atom is 0.265 e. The largest absolute Gasteiger partial charge is 0.506 e. The molecule has 0 saturated heterocycles. The minimum Gasteiger partial charge on any atom is -0.506 e. The Hall–Kier alpha value is -1.19. The Kier molecular flexibility index (Phi) is 4.84. The second-order valence-corrected chi connectivity index (χ2v) is 7.40. The summed E-state index contributed by atoms with van der Waals surface area (Å²) in [6, 6.07) is 8.87. The molecule has 0 bridgehead atoms. The number of sulfonamides is 1. The molecule has 0 unspecified atom stereocenters. The van der Waals surface area contributed by atoms with Gasteiger partial charge in [-0.15, -0.1) is 0 Å². The number of methoxy groups -OCH3 is 1. The molecule has 2 N–H and O–H groups in total. The van der Waals surface area contributed by atoms with Crippen molar-refractivity contribution in [3.63, 3.8) is 0 Å². The van der Waals surface area contributed by atoms with Crippen molar-refractivity contribution >= 4 is 49.9 Å². The van der Waals surface area contributed by atoms with Gasteiger partial charge >= 0.3 is 0 Å². The fourth-order valence-electron chi connectivity index (χ4n) is 1.65. The molecule has 0 fully saturated rings. The fraction of sp³-hybridized carbons (Fsp3) is 0.0769. The van der Waals surface area contributed by atoms with Gasteiger partial charge in [0.05, 0.1) is 12.8 Å². The van der Waals surface area contributed by atoms with Crippen molar-refractivity contribution in [3.05, 3.63) is 45.0 Å². The number of anilines is 1. The molecule has 0 saturated carbocycles. The van der Waals surface area contributed by atoms with Gasteiger partial charge in [0.2, 0.25) is 0 Å². The van der Waals surface area contributed by atoms with E-state index in [-0.39, 0.29) is 22.1 Å². The summed E-state index contributed by atoms with van der Waals surface area (Å²) in [6.07, 6.45) is 0. The molecule has 0 heterocycles. The molecule has 0 amide bonds. The van der Waals surface area contributed by atoms with Gasteiger partial charge in [-0.1, -0.05) is 11.6 Å². The average Bonchev–Trinajstić information content (AvgIpc) is 2.42. The van der Waals surface area contributed by atoms with Crippen LogP contribution in [0.5, 0.6) is 11.5 Å². The number of phenols is 1. The average molecular weight is 440 g/mol. The van der Waals surface area contributed by atoms with Crippen molar-refractivity contribution in [2.45, 2.75) is 4.90 Å². The van der Waals surface area contributed by atoms with Gasteiger partial charge < -0.3 is 9.84 Å². The van der Waals surface area contributed by atoms with Crippen molar-refractivity contribution in [1.29, 1.82) is 0 Å². The number of halogens is 2. The SMILES string of the molecule is COc1ccc(I)cc1S(=O)(=O)Nc1cc(Cl)ccc1O. The Morgan fingerprint density at radius 3 is 2.62 bits per heavy atom. The predicted octanol–water partition coefficient (Wildman–Crippen LogP) is 3.46. The van der Waals surface area contributed by atoms with Gasteiger partial charge in [-0.3, -0.25) is 4.72 Å². The predicted molar refractivity (Wildman–Crippen MR) is 89.6 cm³/mol. The first-order chi connectivity index (χ1) is 9.83. The van der Waals surface area contributed by atoms with Gasteiger partial charge in [0.1, 0.15) is 16.4 Å². The highest BCUT2D eigenvalue weighted by Gasteiger charge is 2.21. The summed E-state index contributed by atoms with van der Waals surface area (Å²) in [5.41, 5.74) is 0.00316.